The van der Waals surface area contributed by atoms with E-state index in [9.17, 15) is 18.0 Å². The van der Waals surface area contributed by atoms with Crippen LogP contribution >= 0.6 is 0 Å². The maximum absolute atomic E-state index is 12.6. The Hall–Kier alpha value is -3.30. The number of hydrogen-bond acceptors (Lipinski definition) is 6. The number of hydrogen-bond donors (Lipinski definition) is 2. The van der Waals surface area contributed by atoms with Gasteiger partial charge < -0.3 is 4.57 Å². The van der Waals surface area contributed by atoms with Crippen molar-refractivity contribution in [1.29, 1.82) is 0 Å². The van der Waals surface area contributed by atoms with Crippen molar-refractivity contribution in [1.82, 2.24) is 15.0 Å². The van der Waals surface area contributed by atoms with Crippen molar-refractivity contribution in [3.05, 3.63) is 77.0 Å². The number of rotatable bonds is 7. The minimum atomic E-state index is -3.83. The number of benzene rings is 1. The Labute approximate surface area is 186 Å². The molecule has 2 heterocycles. The molecule has 0 aliphatic heterocycles. The summed E-state index contributed by atoms with van der Waals surface area (Å²) in [6.45, 7) is 3.14. The first-order chi connectivity index (χ1) is 15.0. The number of nitrogens with zero attached hydrogens (tertiary/aromatic N) is 2. The average Bonchev–Trinajstić information content (AvgIpc) is 2.77. The van der Waals surface area contributed by atoms with Crippen LogP contribution in [0.5, 0.6) is 0 Å². The number of carbonyl (C=O) groups excluding carboxylic acids is 1. The topological polar surface area (TPSA) is 118 Å². The highest BCUT2D eigenvalue weighted by Crippen LogP contribution is 2.25. The van der Waals surface area contributed by atoms with Gasteiger partial charge in [-0.15, -0.1) is 0 Å². The van der Waals surface area contributed by atoms with Gasteiger partial charge in [-0.3, -0.25) is 19.8 Å². The molecule has 0 saturated heterocycles. The number of carbonyl (C=O) groups is 1. The van der Waals surface area contributed by atoms with E-state index in [-0.39, 0.29) is 18.5 Å². The number of amides is 1. The first-order valence-electron chi connectivity index (χ1n) is 9.93. The summed E-state index contributed by atoms with van der Waals surface area (Å²) in [7, 11) is -3.83. The number of pyridine rings is 2. The summed E-state index contributed by atoms with van der Waals surface area (Å²) in [6.07, 6.45) is 4.13. The van der Waals surface area contributed by atoms with Crippen molar-refractivity contribution < 1.29 is 18.4 Å². The Morgan fingerprint density at radius 3 is 2.16 bits per heavy atom. The van der Waals surface area contributed by atoms with Gasteiger partial charge in [-0.2, -0.15) is 0 Å². The van der Waals surface area contributed by atoms with Crippen molar-refractivity contribution >= 4 is 15.7 Å². The molecule has 0 fully saturated rings. The smallest absolute Gasteiger partial charge is 0.264 e. The fourth-order valence-electron chi connectivity index (χ4n) is 3.29. The summed E-state index contributed by atoms with van der Waals surface area (Å²) in [5.74, 6) is -1.03. The van der Waals surface area contributed by atoms with Crippen LogP contribution in [0.4, 0.5) is 0 Å². The van der Waals surface area contributed by atoms with Gasteiger partial charge in [0.2, 0.25) is 0 Å². The molecule has 0 bridgehead atoms. The van der Waals surface area contributed by atoms with E-state index >= 15 is 0 Å². The fourth-order valence-corrected chi connectivity index (χ4v) is 4.13. The van der Waals surface area contributed by atoms with Gasteiger partial charge in [-0.25, -0.2) is 13.9 Å². The van der Waals surface area contributed by atoms with Gasteiger partial charge >= 0.3 is 0 Å². The molecule has 1 unspecified atom stereocenters. The largest absolute Gasteiger partial charge is 0.315 e. The Balaban J connectivity index is 1.80. The Morgan fingerprint density at radius 1 is 1.06 bits per heavy atom. The second kappa shape index (κ2) is 9.05. The van der Waals surface area contributed by atoms with Gasteiger partial charge in [-0.1, -0.05) is 30.3 Å². The van der Waals surface area contributed by atoms with Crippen molar-refractivity contribution in [3.63, 3.8) is 0 Å². The molecular weight excluding hydrogens is 430 g/mol. The molecule has 0 saturated carbocycles. The molecule has 0 spiro atoms. The van der Waals surface area contributed by atoms with Gasteiger partial charge in [0.25, 0.3) is 11.5 Å². The molecule has 9 heteroatoms. The van der Waals surface area contributed by atoms with Crippen LogP contribution in [-0.4, -0.2) is 40.1 Å². The molecule has 8 nitrogen and oxygen atoms in total. The second-order valence-corrected chi connectivity index (χ2v) is 10.4. The first-order valence-corrected chi connectivity index (χ1v) is 11.8. The number of hydroxylamine groups is 1. The molecule has 1 atom stereocenters. The van der Waals surface area contributed by atoms with Crippen LogP contribution in [-0.2, 0) is 21.2 Å². The molecule has 2 aromatic heterocycles. The second-order valence-electron chi connectivity index (χ2n) is 7.91. The summed E-state index contributed by atoms with van der Waals surface area (Å²) in [4.78, 5) is 28.8. The highest BCUT2D eigenvalue weighted by atomic mass is 32.2. The van der Waals surface area contributed by atoms with Gasteiger partial charge in [0, 0.05) is 42.5 Å². The quantitative estimate of drug-likeness (QED) is 0.418. The van der Waals surface area contributed by atoms with E-state index in [1.54, 1.807) is 12.3 Å². The summed E-state index contributed by atoms with van der Waals surface area (Å²) >= 11 is 0. The zero-order chi connectivity index (χ0) is 23.5. The molecule has 1 amide bonds. The van der Waals surface area contributed by atoms with Crippen molar-refractivity contribution in [2.75, 3.05) is 6.26 Å². The van der Waals surface area contributed by atoms with Crippen molar-refractivity contribution in [2.24, 2.45) is 0 Å². The lowest BCUT2D eigenvalue weighted by Crippen LogP contribution is -2.49. The maximum atomic E-state index is 12.6. The Kier molecular flexibility index (Phi) is 6.61. The minimum absolute atomic E-state index is 0.00450. The first kappa shape index (κ1) is 23.4. The third-order valence-corrected chi connectivity index (χ3v) is 7.72. The van der Waals surface area contributed by atoms with Gasteiger partial charge in [0.15, 0.2) is 14.6 Å². The van der Waals surface area contributed by atoms with Crippen LogP contribution in [0, 0.1) is 6.92 Å². The maximum Gasteiger partial charge on any atom is 0.264 e. The summed E-state index contributed by atoms with van der Waals surface area (Å²) < 4.78 is 23.6. The van der Waals surface area contributed by atoms with Crippen LogP contribution in [0.25, 0.3) is 22.3 Å². The molecule has 168 valence electrons. The number of aryl methyl sites for hydroxylation is 2. The van der Waals surface area contributed by atoms with Crippen LogP contribution in [0.3, 0.4) is 0 Å². The third kappa shape index (κ3) is 4.79. The van der Waals surface area contributed by atoms with E-state index in [1.807, 2.05) is 49.5 Å². The van der Waals surface area contributed by atoms with Gasteiger partial charge in [0.1, 0.15) is 0 Å². The lowest BCUT2D eigenvalue weighted by molar-refractivity contribution is -0.131. The molecular formula is C23H25N3O5S. The van der Waals surface area contributed by atoms with Crippen LogP contribution < -0.4 is 11.0 Å². The molecule has 1 aromatic carbocycles. The summed E-state index contributed by atoms with van der Waals surface area (Å²) in [5, 5.41) is 8.92. The van der Waals surface area contributed by atoms with Crippen LogP contribution in [0.1, 0.15) is 19.0 Å². The molecule has 0 aliphatic rings. The van der Waals surface area contributed by atoms with E-state index in [1.165, 1.54) is 23.0 Å². The van der Waals surface area contributed by atoms with E-state index in [0.29, 0.717) is 0 Å². The highest BCUT2D eigenvalue weighted by molar-refractivity contribution is 7.92. The zero-order valence-electron chi connectivity index (χ0n) is 18.1. The predicted molar refractivity (Wildman–Crippen MR) is 122 cm³/mol. The number of aromatic nitrogens is 2. The normalized spacial score (nSPS) is 13.4. The van der Waals surface area contributed by atoms with E-state index in [0.717, 1.165) is 34.2 Å². The van der Waals surface area contributed by atoms with Crippen LogP contribution in [0.15, 0.2) is 65.7 Å². The molecule has 0 aliphatic carbocycles. The van der Waals surface area contributed by atoms with Gasteiger partial charge in [-0.05, 0) is 49.1 Å². The number of nitrogens with one attached hydrogen (secondary N) is 1. The molecule has 3 rings (SSSR count). The van der Waals surface area contributed by atoms with E-state index in [2.05, 4.69) is 4.98 Å². The van der Waals surface area contributed by atoms with E-state index in [4.69, 9.17) is 5.21 Å². The summed E-state index contributed by atoms with van der Waals surface area (Å²) in [5.41, 5.74) is 5.61. The van der Waals surface area contributed by atoms with Gasteiger partial charge in [0.05, 0.1) is 0 Å². The standard InChI is InChI=1S/C23H25N3O5S/c1-16-4-5-20(15-24-16)18-8-6-17(7-9-18)19-10-12-26(21(27)14-19)13-11-23(2,22(28)25-29)32(3,30)31/h4-10,12,14-15,29H,11,13H2,1-3H3,(H,25,28). The molecule has 3 aromatic rings. The Bertz CT molecular complexity index is 1280. The van der Waals surface area contributed by atoms with Crippen molar-refractivity contribution in [2.45, 2.75) is 31.6 Å². The van der Waals surface area contributed by atoms with E-state index < -0.39 is 20.5 Å². The average molecular weight is 456 g/mol. The molecule has 2 N–H and O–H groups in total. The predicted octanol–water partition coefficient (Wildman–Crippen LogP) is 2.58. The monoisotopic (exact) mass is 455 g/mol. The Morgan fingerprint density at radius 2 is 1.66 bits per heavy atom. The minimum Gasteiger partial charge on any atom is -0.315 e. The number of sulfone groups is 1. The lowest BCUT2D eigenvalue weighted by atomic mass is 10.0. The molecule has 32 heavy (non-hydrogen) atoms. The fraction of sp³-hybridized carbons (Fsp3) is 0.261. The highest BCUT2D eigenvalue weighted by Gasteiger charge is 2.43. The zero-order valence-corrected chi connectivity index (χ0v) is 18.9. The van der Waals surface area contributed by atoms with Crippen LogP contribution in [0.2, 0.25) is 0 Å². The summed E-state index contributed by atoms with van der Waals surface area (Å²) in [6, 6.07) is 14.9. The lowest BCUT2D eigenvalue weighted by Gasteiger charge is -2.25. The molecule has 0 radical (unpaired) electrons. The third-order valence-electron chi connectivity index (χ3n) is 5.69. The SMILES string of the molecule is Cc1ccc(-c2ccc(-c3ccn(CCC(C)(C(=O)NO)S(C)(=O)=O)c(=O)c3)cc2)cn1. The van der Waals surface area contributed by atoms with Crippen molar-refractivity contribution in [3.8, 4) is 22.3 Å².